The predicted octanol–water partition coefficient (Wildman–Crippen LogP) is 2.64. The third kappa shape index (κ3) is 3.12. The Morgan fingerprint density at radius 1 is 1.44 bits per heavy atom. The van der Waals surface area contributed by atoms with Crippen LogP contribution in [0.3, 0.4) is 0 Å². The van der Waals surface area contributed by atoms with Crippen LogP contribution in [0.4, 0.5) is 0 Å². The molecule has 2 unspecified atom stereocenters. The largest absolute Gasteiger partial charge is 0.744 e. The zero-order chi connectivity index (χ0) is 13.3. The zero-order valence-electron chi connectivity index (χ0n) is 9.93. The van der Waals surface area contributed by atoms with Crippen molar-refractivity contribution in [3.63, 3.8) is 0 Å². The quantitative estimate of drug-likeness (QED) is 0.780. The van der Waals surface area contributed by atoms with Gasteiger partial charge in [-0.15, -0.1) is 0 Å². The van der Waals surface area contributed by atoms with Crippen molar-refractivity contribution in [1.82, 2.24) is 0 Å². The highest BCUT2D eigenvalue weighted by Crippen LogP contribution is 2.35. The van der Waals surface area contributed by atoms with Gasteiger partial charge in [-0.1, -0.05) is 15.9 Å². The van der Waals surface area contributed by atoms with Crippen LogP contribution in [0.1, 0.15) is 31.2 Å². The smallest absolute Gasteiger partial charge is 0.124 e. The fourth-order valence-electron chi connectivity index (χ4n) is 2.35. The Morgan fingerprint density at radius 3 is 2.78 bits per heavy atom. The topological polar surface area (TPSA) is 66.4 Å². The molecule has 0 N–H and O–H groups in total. The molecule has 0 saturated carbocycles. The van der Waals surface area contributed by atoms with Crippen molar-refractivity contribution < 1.29 is 17.7 Å². The van der Waals surface area contributed by atoms with Crippen LogP contribution < -0.4 is 0 Å². The molecule has 1 aromatic carbocycles. The Balaban J connectivity index is 2.45. The van der Waals surface area contributed by atoms with Crippen molar-refractivity contribution in [2.75, 3.05) is 6.61 Å². The zero-order valence-corrected chi connectivity index (χ0v) is 12.3. The van der Waals surface area contributed by atoms with Crippen molar-refractivity contribution in [3.05, 3.63) is 28.2 Å². The van der Waals surface area contributed by atoms with Gasteiger partial charge in [0.2, 0.25) is 0 Å². The van der Waals surface area contributed by atoms with E-state index < -0.39 is 10.1 Å². The van der Waals surface area contributed by atoms with E-state index in [9.17, 15) is 13.0 Å². The molecule has 18 heavy (non-hydrogen) atoms. The van der Waals surface area contributed by atoms with Crippen LogP contribution in [0.25, 0.3) is 0 Å². The molecule has 0 bridgehead atoms. The average molecular weight is 334 g/mol. The van der Waals surface area contributed by atoms with Gasteiger partial charge in [0.15, 0.2) is 0 Å². The molecule has 1 aliphatic heterocycles. The van der Waals surface area contributed by atoms with E-state index in [1.807, 2.05) is 6.92 Å². The van der Waals surface area contributed by atoms with E-state index in [-0.39, 0.29) is 16.9 Å². The normalized spacial score (nSPS) is 25.1. The summed E-state index contributed by atoms with van der Waals surface area (Å²) in [7, 11) is -4.43. The van der Waals surface area contributed by atoms with Crippen molar-refractivity contribution in [3.8, 4) is 0 Å². The number of hydrogen-bond donors (Lipinski definition) is 0. The van der Waals surface area contributed by atoms with Gasteiger partial charge in [-0.05, 0) is 49.4 Å². The first-order valence-corrected chi connectivity index (χ1v) is 7.95. The maximum atomic E-state index is 11.3. The Kier molecular flexibility index (Phi) is 4.11. The van der Waals surface area contributed by atoms with Gasteiger partial charge in [0.1, 0.15) is 10.1 Å². The first-order valence-electron chi connectivity index (χ1n) is 5.75. The van der Waals surface area contributed by atoms with E-state index in [4.69, 9.17) is 4.74 Å². The molecule has 100 valence electrons. The van der Waals surface area contributed by atoms with Crippen LogP contribution in [0, 0.1) is 0 Å². The molecule has 0 aromatic heterocycles. The lowest BCUT2D eigenvalue weighted by molar-refractivity contribution is 0.0182. The maximum absolute atomic E-state index is 11.3. The molecule has 2 rings (SSSR count). The van der Waals surface area contributed by atoms with Gasteiger partial charge in [0, 0.05) is 11.1 Å². The molecular formula is C12H14BrO4S-. The van der Waals surface area contributed by atoms with Crippen LogP contribution in [0.5, 0.6) is 0 Å². The van der Waals surface area contributed by atoms with Gasteiger partial charge in [-0.3, -0.25) is 0 Å². The van der Waals surface area contributed by atoms with E-state index in [2.05, 4.69) is 15.9 Å². The number of benzene rings is 1. The standard InChI is InChI=1S/C12H15BrO4S/c1-8-6-9(4-5-17-8)11-7-10(13)2-3-12(11)18(14,15)16/h2-3,7-9H,4-6H2,1H3,(H,14,15,16)/p-1. The SMILES string of the molecule is CC1CC(c2cc(Br)ccc2S(=O)(=O)[O-])CCO1. The van der Waals surface area contributed by atoms with Gasteiger partial charge >= 0.3 is 0 Å². The molecule has 0 amide bonds. The molecule has 2 atom stereocenters. The number of ether oxygens (including phenoxy) is 1. The highest BCUT2D eigenvalue weighted by molar-refractivity contribution is 9.10. The summed E-state index contributed by atoms with van der Waals surface area (Å²) in [5, 5.41) is 0. The Hall–Kier alpha value is -0.430. The van der Waals surface area contributed by atoms with E-state index in [0.29, 0.717) is 12.2 Å². The number of hydrogen-bond acceptors (Lipinski definition) is 4. The molecule has 1 aliphatic rings. The summed E-state index contributed by atoms with van der Waals surface area (Å²) in [6.07, 6.45) is 1.56. The van der Waals surface area contributed by atoms with Crippen LogP contribution in [0.15, 0.2) is 27.6 Å². The second kappa shape index (κ2) is 5.28. The van der Waals surface area contributed by atoms with Gasteiger partial charge in [-0.25, -0.2) is 8.42 Å². The summed E-state index contributed by atoms with van der Waals surface area (Å²) in [5.74, 6) is 0.0602. The third-order valence-corrected chi connectivity index (χ3v) is 4.57. The second-order valence-corrected chi connectivity index (χ2v) is 6.80. The summed E-state index contributed by atoms with van der Waals surface area (Å²) >= 11 is 3.32. The van der Waals surface area contributed by atoms with Gasteiger partial charge < -0.3 is 9.29 Å². The molecule has 1 saturated heterocycles. The number of rotatable bonds is 2. The molecule has 0 aliphatic carbocycles. The summed E-state index contributed by atoms with van der Waals surface area (Å²) in [4.78, 5) is -0.107. The molecule has 1 aromatic rings. The lowest BCUT2D eigenvalue weighted by Gasteiger charge is -2.29. The Morgan fingerprint density at radius 2 is 2.17 bits per heavy atom. The van der Waals surface area contributed by atoms with E-state index in [1.165, 1.54) is 6.07 Å². The lowest BCUT2D eigenvalue weighted by atomic mass is 9.89. The molecule has 6 heteroatoms. The third-order valence-electron chi connectivity index (χ3n) is 3.17. The van der Waals surface area contributed by atoms with Crippen molar-refractivity contribution >= 4 is 26.0 Å². The molecule has 1 fully saturated rings. The minimum Gasteiger partial charge on any atom is -0.744 e. The van der Waals surface area contributed by atoms with Gasteiger partial charge in [-0.2, -0.15) is 0 Å². The molecule has 0 spiro atoms. The summed E-state index contributed by atoms with van der Waals surface area (Å²) < 4.78 is 40.1. The fraction of sp³-hybridized carbons (Fsp3) is 0.500. The van der Waals surface area contributed by atoms with Crippen LogP contribution in [-0.4, -0.2) is 25.7 Å². The van der Waals surface area contributed by atoms with Crippen molar-refractivity contribution in [2.45, 2.75) is 36.7 Å². The fourth-order valence-corrected chi connectivity index (χ4v) is 3.47. The predicted molar refractivity (Wildman–Crippen MR) is 69.5 cm³/mol. The highest BCUT2D eigenvalue weighted by Gasteiger charge is 2.24. The molecule has 4 nitrogen and oxygen atoms in total. The lowest BCUT2D eigenvalue weighted by Crippen LogP contribution is -2.23. The summed E-state index contributed by atoms with van der Waals surface area (Å²) in [6, 6.07) is 4.69. The van der Waals surface area contributed by atoms with Crippen LogP contribution in [-0.2, 0) is 14.9 Å². The average Bonchev–Trinajstić information content (AvgIpc) is 2.27. The van der Waals surface area contributed by atoms with Crippen LogP contribution in [0.2, 0.25) is 0 Å². The second-order valence-electron chi connectivity index (χ2n) is 4.54. The van der Waals surface area contributed by atoms with Gasteiger partial charge in [0.05, 0.1) is 11.0 Å². The maximum Gasteiger partial charge on any atom is 0.124 e. The summed E-state index contributed by atoms with van der Waals surface area (Å²) in [5.41, 5.74) is 0.606. The van der Waals surface area contributed by atoms with Crippen molar-refractivity contribution in [2.24, 2.45) is 0 Å². The van der Waals surface area contributed by atoms with E-state index in [0.717, 1.165) is 17.3 Å². The van der Waals surface area contributed by atoms with Crippen LogP contribution >= 0.6 is 15.9 Å². The summed E-state index contributed by atoms with van der Waals surface area (Å²) in [6.45, 7) is 2.55. The molecule has 0 radical (unpaired) electrons. The first-order chi connectivity index (χ1) is 8.38. The monoisotopic (exact) mass is 333 g/mol. The molecular weight excluding hydrogens is 320 g/mol. The highest BCUT2D eigenvalue weighted by atomic mass is 79.9. The number of halogens is 1. The Labute approximate surface area is 115 Å². The Bertz CT molecular complexity index is 541. The first kappa shape index (κ1) is 14.0. The van der Waals surface area contributed by atoms with Gasteiger partial charge in [0.25, 0.3) is 0 Å². The van der Waals surface area contributed by atoms with E-state index >= 15 is 0 Å². The van der Waals surface area contributed by atoms with E-state index in [1.54, 1.807) is 12.1 Å². The minimum absolute atomic E-state index is 0.0602. The van der Waals surface area contributed by atoms with Crippen molar-refractivity contribution in [1.29, 1.82) is 0 Å². The minimum atomic E-state index is -4.43. The molecule has 1 heterocycles.